The number of nitrogens with two attached hydrogens (primary N) is 2. The average molecular weight is 180 g/mol. The maximum absolute atomic E-state index is 9.19. The summed E-state index contributed by atoms with van der Waals surface area (Å²) in [5.41, 5.74) is 12.6. The first-order valence-electron chi connectivity index (χ1n) is 4.25. The SMILES string of the molecule is CC(C)(N)Cc1ccc(O)c(N)c1. The van der Waals surface area contributed by atoms with Crippen molar-refractivity contribution in [2.75, 3.05) is 5.73 Å². The fourth-order valence-electron chi connectivity index (χ4n) is 1.24. The number of hydrogen-bond donors (Lipinski definition) is 3. The molecule has 72 valence electrons. The van der Waals surface area contributed by atoms with E-state index >= 15 is 0 Å². The molecule has 0 saturated carbocycles. The maximum atomic E-state index is 9.19. The summed E-state index contributed by atoms with van der Waals surface area (Å²) in [7, 11) is 0. The first kappa shape index (κ1) is 9.86. The van der Waals surface area contributed by atoms with Crippen LogP contribution in [0.15, 0.2) is 18.2 Å². The van der Waals surface area contributed by atoms with E-state index in [2.05, 4.69) is 0 Å². The fourth-order valence-corrected chi connectivity index (χ4v) is 1.24. The van der Waals surface area contributed by atoms with Gasteiger partial charge in [0.05, 0.1) is 5.69 Å². The van der Waals surface area contributed by atoms with Crippen molar-refractivity contribution in [3.63, 3.8) is 0 Å². The summed E-state index contributed by atoms with van der Waals surface area (Å²) >= 11 is 0. The van der Waals surface area contributed by atoms with E-state index < -0.39 is 0 Å². The molecule has 0 unspecified atom stereocenters. The number of nitrogen functional groups attached to an aromatic ring is 1. The summed E-state index contributed by atoms with van der Waals surface area (Å²) in [6, 6.07) is 5.18. The number of hydrogen-bond acceptors (Lipinski definition) is 3. The van der Waals surface area contributed by atoms with Crippen molar-refractivity contribution in [2.24, 2.45) is 5.73 Å². The second-order valence-corrected chi connectivity index (χ2v) is 4.06. The van der Waals surface area contributed by atoms with E-state index in [9.17, 15) is 5.11 Å². The molecule has 5 N–H and O–H groups in total. The van der Waals surface area contributed by atoms with Gasteiger partial charge in [0.1, 0.15) is 5.75 Å². The lowest BCUT2D eigenvalue weighted by atomic mass is 9.96. The molecule has 0 heterocycles. The van der Waals surface area contributed by atoms with E-state index in [1.54, 1.807) is 12.1 Å². The quantitative estimate of drug-likeness (QED) is 0.474. The highest BCUT2D eigenvalue weighted by atomic mass is 16.3. The van der Waals surface area contributed by atoms with Gasteiger partial charge in [-0.3, -0.25) is 0 Å². The van der Waals surface area contributed by atoms with Gasteiger partial charge in [0.2, 0.25) is 0 Å². The predicted octanol–water partition coefficient (Wildman–Crippen LogP) is 1.25. The van der Waals surface area contributed by atoms with E-state index in [0.29, 0.717) is 5.69 Å². The molecule has 0 radical (unpaired) electrons. The van der Waals surface area contributed by atoms with E-state index in [4.69, 9.17) is 11.5 Å². The minimum Gasteiger partial charge on any atom is -0.506 e. The summed E-state index contributed by atoms with van der Waals surface area (Å²) in [5, 5.41) is 9.19. The van der Waals surface area contributed by atoms with Crippen molar-refractivity contribution in [3.8, 4) is 5.75 Å². The number of phenols is 1. The van der Waals surface area contributed by atoms with Gasteiger partial charge in [0.25, 0.3) is 0 Å². The molecule has 0 amide bonds. The van der Waals surface area contributed by atoms with Gasteiger partial charge in [-0.15, -0.1) is 0 Å². The van der Waals surface area contributed by atoms with E-state index in [-0.39, 0.29) is 11.3 Å². The van der Waals surface area contributed by atoms with Crippen LogP contribution in [0.2, 0.25) is 0 Å². The van der Waals surface area contributed by atoms with Gasteiger partial charge in [-0.1, -0.05) is 6.07 Å². The molecule has 0 saturated heterocycles. The molecule has 0 aliphatic rings. The molecule has 13 heavy (non-hydrogen) atoms. The Labute approximate surface area is 78.4 Å². The van der Waals surface area contributed by atoms with Crippen molar-refractivity contribution in [2.45, 2.75) is 25.8 Å². The molecule has 0 aromatic heterocycles. The van der Waals surface area contributed by atoms with Crippen LogP contribution in [-0.4, -0.2) is 10.6 Å². The minimum absolute atomic E-state index is 0.124. The highest BCUT2D eigenvalue weighted by molar-refractivity contribution is 5.53. The normalized spacial score (nSPS) is 11.6. The molecule has 3 nitrogen and oxygen atoms in total. The largest absolute Gasteiger partial charge is 0.506 e. The zero-order chi connectivity index (χ0) is 10.1. The third-order valence-corrected chi connectivity index (χ3v) is 1.75. The van der Waals surface area contributed by atoms with Crippen LogP contribution in [0.3, 0.4) is 0 Å². The van der Waals surface area contributed by atoms with Gasteiger partial charge in [0, 0.05) is 5.54 Å². The van der Waals surface area contributed by atoms with Gasteiger partial charge >= 0.3 is 0 Å². The molecule has 0 fully saturated rings. The summed E-state index contributed by atoms with van der Waals surface area (Å²) < 4.78 is 0. The zero-order valence-corrected chi connectivity index (χ0v) is 8.04. The lowest BCUT2D eigenvalue weighted by molar-refractivity contribution is 0.476. The molecule has 0 aliphatic carbocycles. The Morgan fingerprint density at radius 3 is 2.46 bits per heavy atom. The standard InChI is InChI=1S/C10H16N2O/c1-10(2,12)6-7-3-4-9(13)8(11)5-7/h3-5,13H,6,11-12H2,1-2H3. The number of rotatable bonds is 2. The first-order chi connectivity index (χ1) is 5.88. The third kappa shape index (κ3) is 2.95. The van der Waals surface area contributed by atoms with Crippen molar-refractivity contribution in [1.29, 1.82) is 0 Å². The second-order valence-electron chi connectivity index (χ2n) is 4.06. The van der Waals surface area contributed by atoms with Gasteiger partial charge in [-0.05, 0) is 38.0 Å². The summed E-state index contributed by atoms with van der Waals surface area (Å²) in [5.74, 6) is 0.124. The Balaban J connectivity index is 2.86. The number of phenolic OH excluding ortho intramolecular Hbond substituents is 1. The fraction of sp³-hybridized carbons (Fsp3) is 0.400. The van der Waals surface area contributed by atoms with Crippen molar-refractivity contribution >= 4 is 5.69 Å². The topological polar surface area (TPSA) is 72.3 Å². The maximum Gasteiger partial charge on any atom is 0.138 e. The van der Waals surface area contributed by atoms with E-state index in [1.807, 2.05) is 19.9 Å². The van der Waals surface area contributed by atoms with Crippen LogP contribution >= 0.6 is 0 Å². The predicted molar refractivity (Wildman–Crippen MR) is 54.5 cm³/mol. The lowest BCUT2D eigenvalue weighted by Crippen LogP contribution is -2.34. The Hall–Kier alpha value is -1.22. The zero-order valence-electron chi connectivity index (χ0n) is 8.04. The number of anilines is 1. The molecule has 1 aromatic carbocycles. The van der Waals surface area contributed by atoms with E-state index in [0.717, 1.165) is 12.0 Å². The van der Waals surface area contributed by atoms with Crippen molar-refractivity contribution < 1.29 is 5.11 Å². The smallest absolute Gasteiger partial charge is 0.138 e. The van der Waals surface area contributed by atoms with Gasteiger partial charge < -0.3 is 16.6 Å². The molecule has 3 heteroatoms. The first-order valence-corrected chi connectivity index (χ1v) is 4.25. The molecular weight excluding hydrogens is 164 g/mol. The number of benzene rings is 1. The Bertz CT molecular complexity index is 302. The van der Waals surface area contributed by atoms with Crippen LogP contribution in [0.25, 0.3) is 0 Å². The van der Waals surface area contributed by atoms with Crippen molar-refractivity contribution in [1.82, 2.24) is 0 Å². The molecular formula is C10H16N2O. The molecule has 1 aromatic rings. The molecule has 0 atom stereocenters. The van der Waals surface area contributed by atoms with Crippen molar-refractivity contribution in [3.05, 3.63) is 23.8 Å². The third-order valence-electron chi connectivity index (χ3n) is 1.75. The van der Waals surface area contributed by atoms with E-state index in [1.165, 1.54) is 0 Å². The van der Waals surface area contributed by atoms with Crippen LogP contribution in [0.4, 0.5) is 5.69 Å². The molecule has 0 aliphatic heterocycles. The number of aromatic hydroxyl groups is 1. The monoisotopic (exact) mass is 180 g/mol. The molecule has 0 bridgehead atoms. The van der Waals surface area contributed by atoms with Crippen LogP contribution in [0, 0.1) is 0 Å². The summed E-state index contributed by atoms with van der Waals surface area (Å²) in [6.07, 6.45) is 0.748. The minimum atomic E-state index is -0.247. The van der Waals surface area contributed by atoms with Crippen LogP contribution in [0.5, 0.6) is 5.75 Å². The summed E-state index contributed by atoms with van der Waals surface area (Å²) in [4.78, 5) is 0. The van der Waals surface area contributed by atoms with Gasteiger partial charge in [-0.2, -0.15) is 0 Å². The lowest BCUT2D eigenvalue weighted by Gasteiger charge is -2.18. The Morgan fingerprint density at radius 2 is 2.00 bits per heavy atom. The highest BCUT2D eigenvalue weighted by Crippen LogP contribution is 2.22. The van der Waals surface area contributed by atoms with Crippen LogP contribution in [0.1, 0.15) is 19.4 Å². The van der Waals surface area contributed by atoms with Gasteiger partial charge in [0.15, 0.2) is 0 Å². The second kappa shape index (κ2) is 3.26. The summed E-state index contributed by atoms with van der Waals surface area (Å²) in [6.45, 7) is 3.91. The molecule has 0 spiro atoms. The Morgan fingerprint density at radius 1 is 1.38 bits per heavy atom. The molecule has 1 rings (SSSR count). The average Bonchev–Trinajstić information content (AvgIpc) is 1.94. The van der Waals surface area contributed by atoms with Crippen LogP contribution in [-0.2, 0) is 6.42 Å². The highest BCUT2D eigenvalue weighted by Gasteiger charge is 2.12. The van der Waals surface area contributed by atoms with Gasteiger partial charge in [-0.25, -0.2) is 0 Å². The Kier molecular flexibility index (Phi) is 2.48. The van der Waals surface area contributed by atoms with Crippen LogP contribution < -0.4 is 11.5 Å².